The highest BCUT2D eigenvalue weighted by molar-refractivity contribution is 6.01. The van der Waals surface area contributed by atoms with Crippen LogP contribution in [0.2, 0.25) is 0 Å². The van der Waals surface area contributed by atoms with Crippen molar-refractivity contribution in [2.75, 3.05) is 31.6 Å². The Morgan fingerprint density at radius 3 is 2.61 bits per heavy atom. The van der Waals surface area contributed by atoms with Gasteiger partial charge in [-0.25, -0.2) is 4.79 Å². The Morgan fingerprint density at radius 1 is 1.09 bits per heavy atom. The van der Waals surface area contributed by atoms with E-state index in [0.717, 1.165) is 22.3 Å². The lowest BCUT2D eigenvalue weighted by atomic mass is 10.0. The number of hydrogen-bond acceptors (Lipinski definition) is 4. The summed E-state index contributed by atoms with van der Waals surface area (Å²) >= 11 is 0. The number of likely N-dealkylation sites (tertiary alicyclic amines) is 1. The molecule has 0 unspecified atom stereocenters. The molecule has 3 aromatic rings. The van der Waals surface area contributed by atoms with E-state index in [9.17, 15) is 14.4 Å². The Balaban J connectivity index is 1.27. The Bertz CT molecular complexity index is 1270. The quantitative estimate of drug-likeness (QED) is 0.665. The number of aromatic nitrogens is 2. The molecule has 3 heterocycles. The van der Waals surface area contributed by atoms with Gasteiger partial charge in [-0.1, -0.05) is 18.2 Å². The number of piperidine rings is 1. The van der Waals surface area contributed by atoms with Crippen LogP contribution in [0.4, 0.5) is 5.69 Å². The van der Waals surface area contributed by atoms with Crippen LogP contribution in [0.15, 0.2) is 47.3 Å². The van der Waals surface area contributed by atoms with Crippen LogP contribution in [0.25, 0.3) is 11.0 Å². The fraction of sp³-hybridized carbons (Fsp3) is 0.400. The summed E-state index contributed by atoms with van der Waals surface area (Å²) in [6.07, 6.45) is 1.63. The summed E-state index contributed by atoms with van der Waals surface area (Å²) in [5.41, 5.74) is 3.37. The number of amides is 2. The SMILES string of the molecule is COc1ccc(C)cc1N1C[C@@H](C(=O)N2CCC(n3c(=O)[nH]c4ccccc43)CC2)CC1=O. The zero-order valence-electron chi connectivity index (χ0n) is 18.9. The molecule has 0 bridgehead atoms. The highest BCUT2D eigenvalue weighted by Gasteiger charge is 2.39. The van der Waals surface area contributed by atoms with Gasteiger partial charge < -0.3 is 19.5 Å². The summed E-state index contributed by atoms with van der Waals surface area (Å²) in [7, 11) is 1.58. The molecule has 5 rings (SSSR count). The highest BCUT2D eigenvalue weighted by Crippen LogP contribution is 2.35. The van der Waals surface area contributed by atoms with Gasteiger partial charge in [0.15, 0.2) is 0 Å². The van der Waals surface area contributed by atoms with Crippen molar-refractivity contribution >= 4 is 28.5 Å². The van der Waals surface area contributed by atoms with Gasteiger partial charge in [-0.05, 0) is 49.6 Å². The van der Waals surface area contributed by atoms with Crippen molar-refractivity contribution < 1.29 is 14.3 Å². The van der Waals surface area contributed by atoms with E-state index in [-0.39, 0.29) is 35.9 Å². The number of carbonyl (C=O) groups excluding carboxylic acids is 2. The molecule has 1 aromatic heterocycles. The largest absolute Gasteiger partial charge is 0.495 e. The molecular weight excluding hydrogens is 420 g/mol. The number of fused-ring (bicyclic) bond motifs is 1. The predicted molar refractivity (Wildman–Crippen MR) is 126 cm³/mol. The number of aromatic amines is 1. The first-order valence-corrected chi connectivity index (χ1v) is 11.4. The minimum Gasteiger partial charge on any atom is -0.495 e. The van der Waals surface area contributed by atoms with E-state index in [4.69, 9.17) is 4.74 Å². The fourth-order valence-corrected chi connectivity index (χ4v) is 5.16. The van der Waals surface area contributed by atoms with Gasteiger partial charge in [0.25, 0.3) is 0 Å². The number of nitrogens with zero attached hydrogens (tertiary/aromatic N) is 3. The summed E-state index contributed by atoms with van der Waals surface area (Å²) in [6.45, 7) is 3.48. The molecule has 2 fully saturated rings. The van der Waals surface area contributed by atoms with E-state index in [1.54, 1.807) is 12.0 Å². The van der Waals surface area contributed by atoms with Gasteiger partial charge in [-0.3, -0.25) is 14.2 Å². The number of para-hydroxylation sites is 2. The summed E-state index contributed by atoms with van der Waals surface area (Å²) in [5, 5.41) is 0. The molecule has 0 radical (unpaired) electrons. The first-order valence-electron chi connectivity index (χ1n) is 11.4. The molecule has 1 N–H and O–H groups in total. The lowest BCUT2D eigenvalue weighted by Gasteiger charge is -2.34. The second-order valence-corrected chi connectivity index (χ2v) is 8.95. The molecule has 1 atom stereocenters. The zero-order chi connectivity index (χ0) is 23.1. The summed E-state index contributed by atoms with van der Waals surface area (Å²) in [6, 6.07) is 13.4. The standard InChI is InChI=1S/C25H28N4O4/c1-16-7-8-22(33-2)21(13-16)28-15-17(14-23(28)30)24(31)27-11-9-18(10-12-27)29-20-6-4-3-5-19(20)26-25(29)32/h3-8,13,17-18H,9-12,14-15H2,1-2H3,(H,26,32)/t17-/m0/s1. The van der Waals surface area contributed by atoms with Crippen molar-refractivity contribution in [1.29, 1.82) is 0 Å². The Kier molecular flexibility index (Phi) is 5.44. The molecule has 0 aliphatic carbocycles. The number of methoxy groups -OCH3 is 1. The molecule has 172 valence electrons. The second kappa shape index (κ2) is 8.42. The average molecular weight is 449 g/mol. The molecule has 2 saturated heterocycles. The van der Waals surface area contributed by atoms with Crippen LogP contribution < -0.4 is 15.3 Å². The number of H-pyrrole nitrogens is 1. The van der Waals surface area contributed by atoms with Crippen LogP contribution >= 0.6 is 0 Å². The maximum atomic E-state index is 13.3. The minimum absolute atomic E-state index is 0.0159. The molecular formula is C25H28N4O4. The molecule has 0 saturated carbocycles. The Labute approximate surface area is 191 Å². The van der Waals surface area contributed by atoms with Crippen LogP contribution in [0.5, 0.6) is 5.75 Å². The number of nitrogens with one attached hydrogen (secondary N) is 1. The van der Waals surface area contributed by atoms with Crippen molar-refractivity contribution in [1.82, 2.24) is 14.5 Å². The third kappa shape index (κ3) is 3.79. The first-order chi connectivity index (χ1) is 16.0. The van der Waals surface area contributed by atoms with Crippen LogP contribution in [0.1, 0.15) is 30.9 Å². The van der Waals surface area contributed by atoms with Gasteiger partial charge in [0.1, 0.15) is 5.75 Å². The van der Waals surface area contributed by atoms with Crippen molar-refractivity contribution in [2.45, 2.75) is 32.2 Å². The topological polar surface area (TPSA) is 87.6 Å². The molecule has 33 heavy (non-hydrogen) atoms. The predicted octanol–water partition coefficient (Wildman–Crippen LogP) is 2.86. The van der Waals surface area contributed by atoms with Crippen molar-refractivity contribution in [2.24, 2.45) is 5.92 Å². The smallest absolute Gasteiger partial charge is 0.326 e. The number of benzene rings is 2. The van der Waals surface area contributed by atoms with Crippen LogP contribution in [-0.4, -0.2) is 53.0 Å². The van der Waals surface area contributed by atoms with Crippen LogP contribution in [0.3, 0.4) is 0 Å². The van der Waals surface area contributed by atoms with E-state index in [0.29, 0.717) is 38.2 Å². The third-order valence-electron chi connectivity index (χ3n) is 6.86. The normalized spacial score (nSPS) is 19.5. The lowest BCUT2D eigenvalue weighted by Crippen LogP contribution is -2.43. The summed E-state index contributed by atoms with van der Waals surface area (Å²) in [5.74, 6) is 0.224. The number of carbonyl (C=O) groups is 2. The van der Waals surface area contributed by atoms with Crippen molar-refractivity contribution in [3.05, 3.63) is 58.5 Å². The maximum absolute atomic E-state index is 13.3. The molecule has 8 nitrogen and oxygen atoms in total. The minimum atomic E-state index is -0.366. The number of imidazole rings is 1. The average Bonchev–Trinajstić information content (AvgIpc) is 3.37. The monoisotopic (exact) mass is 448 g/mol. The first kappa shape index (κ1) is 21.3. The summed E-state index contributed by atoms with van der Waals surface area (Å²) in [4.78, 5) is 45.0. The molecule has 8 heteroatoms. The molecule has 2 aromatic carbocycles. The van der Waals surface area contributed by atoms with Crippen molar-refractivity contribution in [3.63, 3.8) is 0 Å². The molecule has 2 aliphatic heterocycles. The maximum Gasteiger partial charge on any atom is 0.326 e. The van der Waals surface area contributed by atoms with Gasteiger partial charge in [0.05, 0.1) is 29.7 Å². The second-order valence-electron chi connectivity index (χ2n) is 8.95. The fourth-order valence-electron chi connectivity index (χ4n) is 5.16. The Morgan fingerprint density at radius 2 is 1.85 bits per heavy atom. The van der Waals surface area contributed by atoms with Crippen LogP contribution in [-0.2, 0) is 9.59 Å². The van der Waals surface area contributed by atoms with Gasteiger partial charge >= 0.3 is 5.69 Å². The number of ether oxygens (including phenoxy) is 1. The number of anilines is 1. The number of aryl methyl sites for hydroxylation is 1. The van der Waals surface area contributed by atoms with Crippen molar-refractivity contribution in [3.8, 4) is 5.75 Å². The summed E-state index contributed by atoms with van der Waals surface area (Å²) < 4.78 is 7.26. The van der Waals surface area contributed by atoms with E-state index in [2.05, 4.69) is 4.98 Å². The van der Waals surface area contributed by atoms with E-state index in [1.165, 1.54) is 0 Å². The molecule has 2 aliphatic rings. The van der Waals surface area contributed by atoms with E-state index >= 15 is 0 Å². The Hall–Kier alpha value is -3.55. The highest BCUT2D eigenvalue weighted by atomic mass is 16.5. The third-order valence-corrected chi connectivity index (χ3v) is 6.86. The van der Waals surface area contributed by atoms with Gasteiger partial charge in [0.2, 0.25) is 11.8 Å². The number of hydrogen-bond donors (Lipinski definition) is 1. The van der Waals surface area contributed by atoms with Crippen LogP contribution in [0, 0.1) is 12.8 Å². The zero-order valence-corrected chi connectivity index (χ0v) is 18.9. The van der Waals surface area contributed by atoms with E-state index in [1.807, 2.05) is 58.9 Å². The van der Waals surface area contributed by atoms with Gasteiger partial charge in [0, 0.05) is 32.1 Å². The molecule has 2 amide bonds. The van der Waals surface area contributed by atoms with Gasteiger partial charge in [-0.2, -0.15) is 0 Å². The number of rotatable bonds is 4. The van der Waals surface area contributed by atoms with E-state index < -0.39 is 0 Å². The molecule has 0 spiro atoms. The lowest BCUT2D eigenvalue weighted by molar-refractivity contribution is -0.137. The van der Waals surface area contributed by atoms with Gasteiger partial charge in [-0.15, -0.1) is 0 Å².